The molecule has 2 fully saturated rings. The monoisotopic (exact) mass is 320 g/mol. The van der Waals surface area contributed by atoms with Gasteiger partial charge in [0, 0.05) is 26.3 Å². The van der Waals surface area contributed by atoms with E-state index in [4.69, 9.17) is 9.47 Å². The molecule has 1 aliphatic carbocycles. The van der Waals surface area contributed by atoms with Gasteiger partial charge in [0.1, 0.15) is 6.04 Å². The van der Waals surface area contributed by atoms with Crippen LogP contribution >= 0.6 is 12.4 Å². The van der Waals surface area contributed by atoms with Crippen molar-refractivity contribution in [3.8, 4) is 0 Å². The van der Waals surface area contributed by atoms with Crippen molar-refractivity contribution < 1.29 is 14.3 Å². The molecule has 1 atom stereocenters. The Kier molecular flexibility index (Phi) is 8.56. The van der Waals surface area contributed by atoms with Crippen LogP contribution in [0.2, 0.25) is 0 Å². The Bertz CT molecular complexity index is 303. The van der Waals surface area contributed by atoms with E-state index < -0.39 is 0 Å². The fourth-order valence-corrected chi connectivity index (χ4v) is 3.20. The van der Waals surface area contributed by atoms with Crippen LogP contribution in [0, 0.1) is 5.41 Å². The second kappa shape index (κ2) is 9.62. The van der Waals surface area contributed by atoms with E-state index in [2.05, 4.69) is 10.6 Å². The first kappa shape index (κ1) is 18.7. The molecule has 0 radical (unpaired) electrons. The van der Waals surface area contributed by atoms with Gasteiger partial charge in [-0.05, 0) is 31.6 Å². The molecule has 0 spiro atoms. The molecule has 2 rings (SSSR count). The van der Waals surface area contributed by atoms with E-state index in [1.807, 2.05) is 6.92 Å². The van der Waals surface area contributed by atoms with Crippen LogP contribution < -0.4 is 10.6 Å². The Morgan fingerprint density at radius 1 is 1.43 bits per heavy atom. The molecule has 1 amide bonds. The van der Waals surface area contributed by atoms with E-state index >= 15 is 0 Å². The minimum Gasteiger partial charge on any atom is -0.382 e. The van der Waals surface area contributed by atoms with Gasteiger partial charge >= 0.3 is 0 Å². The fraction of sp³-hybridized carbons (Fsp3) is 0.933. The molecule has 0 bridgehead atoms. The number of carbonyl (C=O) groups excluding carboxylic acids is 1. The van der Waals surface area contributed by atoms with Gasteiger partial charge in [-0.2, -0.15) is 0 Å². The van der Waals surface area contributed by atoms with Crippen LogP contribution in [0.15, 0.2) is 0 Å². The van der Waals surface area contributed by atoms with Crippen molar-refractivity contribution in [2.24, 2.45) is 5.41 Å². The Morgan fingerprint density at radius 3 is 2.81 bits per heavy atom. The fourth-order valence-electron chi connectivity index (χ4n) is 3.20. The van der Waals surface area contributed by atoms with Gasteiger partial charge in [0.05, 0.1) is 13.2 Å². The lowest BCUT2D eigenvalue weighted by Gasteiger charge is -2.31. The van der Waals surface area contributed by atoms with Crippen LogP contribution in [0.1, 0.15) is 39.0 Å². The lowest BCUT2D eigenvalue weighted by Crippen LogP contribution is -2.52. The zero-order valence-electron chi connectivity index (χ0n) is 13.0. The van der Waals surface area contributed by atoms with Gasteiger partial charge in [0.15, 0.2) is 0 Å². The van der Waals surface area contributed by atoms with E-state index in [0.29, 0.717) is 13.2 Å². The third kappa shape index (κ3) is 5.74. The van der Waals surface area contributed by atoms with Crippen LogP contribution in [0.4, 0.5) is 0 Å². The predicted octanol–water partition coefficient (Wildman–Crippen LogP) is 1.50. The van der Waals surface area contributed by atoms with Crippen LogP contribution in [0.5, 0.6) is 0 Å². The van der Waals surface area contributed by atoms with Crippen LogP contribution in [-0.2, 0) is 14.3 Å². The van der Waals surface area contributed by atoms with Gasteiger partial charge in [-0.3, -0.25) is 4.79 Å². The van der Waals surface area contributed by atoms with E-state index in [0.717, 1.165) is 32.7 Å². The van der Waals surface area contributed by atoms with E-state index in [9.17, 15) is 4.79 Å². The highest BCUT2D eigenvalue weighted by Crippen LogP contribution is 2.40. The van der Waals surface area contributed by atoms with Gasteiger partial charge in [0.25, 0.3) is 0 Å². The molecular formula is C15H29ClN2O3. The van der Waals surface area contributed by atoms with Crippen molar-refractivity contribution in [3.63, 3.8) is 0 Å². The minimum atomic E-state index is -0.186. The average Bonchev–Trinajstić information content (AvgIpc) is 2.95. The maximum absolute atomic E-state index is 12.1. The summed E-state index contributed by atoms with van der Waals surface area (Å²) in [5.74, 6) is 0.0763. The molecule has 6 heteroatoms. The molecule has 1 saturated heterocycles. The molecule has 0 aromatic carbocycles. The van der Waals surface area contributed by atoms with Crippen LogP contribution in [0.3, 0.4) is 0 Å². The molecule has 1 saturated carbocycles. The number of halogens is 1. The molecular weight excluding hydrogens is 292 g/mol. The summed E-state index contributed by atoms with van der Waals surface area (Å²) in [7, 11) is 0. The number of hydrogen-bond acceptors (Lipinski definition) is 4. The first-order valence-electron chi connectivity index (χ1n) is 7.92. The van der Waals surface area contributed by atoms with Gasteiger partial charge in [-0.15, -0.1) is 12.4 Å². The smallest absolute Gasteiger partial charge is 0.239 e. The number of nitrogens with one attached hydrogen (secondary N) is 2. The molecule has 1 unspecified atom stereocenters. The van der Waals surface area contributed by atoms with Gasteiger partial charge < -0.3 is 20.1 Å². The number of ether oxygens (including phenoxy) is 2. The summed E-state index contributed by atoms with van der Waals surface area (Å²) in [6, 6.07) is -0.186. The Morgan fingerprint density at radius 2 is 2.19 bits per heavy atom. The summed E-state index contributed by atoms with van der Waals surface area (Å²) in [6.45, 7) is 6.31. The first-order valence-corrected chi connectivity index (χ1v) is 7.92. The maximum Gasteiger partial charge on any atom is 0.239 e. The summed E-state index contributed by atoms with van der Waals surface area (Å²) < 4.78 is 10.8. The SMILES string of the molecule is CCOCCC1(CNC(=O)C2COCCN2)CCCC1.Cl. The lowest BCUT2D eigenvalue weighted by atomic mass is 9.83. The third-order valence-corrected chi connectivity index (χ3v) is 4.52. The lowest BCUT2D eigenvalue weighted by molar-refractivity contribution is -0.126. The number of carbonyl (C=O) groups is 1. The van der Waals surface area contributed by atoms with E-state index in [1.165, 1.54) is 25.7 Å². The highest BCUT2D eigenvalue weighted by atomic mass is 35.5. The van der Waals surface area contributed by atoms with Crippen molar-refractivity contribution in [2.75, 3.05) is 39.5 Å². The van der Waals surface area contributed by atoms with Crippen molar-refractivity contribution in [1.82, 2.24) is 10.6 Å². The highest BCUT2D eigenvalue weighted by Gasteiger charge is 2.34. The summed E-state index contributed by atoms with van der Waals surface area (Å²) >= 11 is 0. The zero-order chi connectivity index (χ0) is 14.3. The second-order valence-electron chi connectivity index (χ2n) is 5.95. The van der Waals surface area contributed by atoms with Gasteiger partial charge in [0.2, 0.25) is 5.91 Å². The van der Waals surface area contributed by atoms with Crippen LogP contribution in [-0.4, -0.2) is 51.5 Å². The van der Waals surface area contributed by atoms with Crippen molar-refractivity contribution in [1.29, 1.82) is 0 Å². The number of rotatable bonds is 7. The van der Waals surface area contributed by atoms with Crippen molar-refractivity contribution >= 4 is 18.3 Å². The summed E-state index contributed by atoms with van der Waals surface area (Å²) in [4.78, 5) is 12.1. The molecule has 0 aromatic heterocycles. The molecule has 1 aliphatic heterocycles. The summed E-state index contributed by atoms with van der Waals surface area (Å²) in [6.07, 6.45) is 6.00. The van der Waals surface area contributed by atoms with E-state index in [1.54, 1.807) is 0 Å². The molecule has 0 aromatic rings. The minimum absolute atomic E-state index is 0. The summed E-state index contributed by atoms with van der Waals surface area (Å²) in [5.41, 5.74) is 0.250. The predicted molar refractivity (Wildman–Crippen MR) is 84.9 cm³/mol. The number of hydrogen-bond donors (Lipinski definition) is 2. The molecule has 21 heavy (non-hydrogen) atoms. The summed E-state index contributed by atoms with van der Waals surface area (Å²) in [5, 5.41) is 6.32. The maximum atomic E-state index is 12.1. The number of morpholine rings is 1. The Labute approximate surface area is 133 Å². The quantitative estimate of drug-likeness (QED) is 0.698. The normalized spacial score (nSPS) is 24.3. The van der Waals surface area contributed by atoms with Gasteiger partial charge in [-0.1, -0.05) is 12.8 Å². The number of amides is 1. The van der Waals surface area contributed by atoms with Crippen molar-refractivity contribution in [3.05, 3.63) is 0 Å². The van der Waals surface area contributed by atoms with Gasteiger partial charge in [-0.25, -0.2) is 0 Å². The molecule has 2 aliphatic rings. The Hall–Kier alpha value is -0.360. The molecule has 124 valence electrons. The first-order chi connectivity index (χ1) is 9.76. The standard InChI is InChI=1S/C15H28N2O3.ClH/c1-2-19-9-7-15(5-3-4-6-15)12-17-14(18)13-11-20-10-8-16-13;/h13,16H,2-12H2,1H3,(H,17,18);1H. The molecule has 1 heterocycles. The molecule has 5 nitrogen and oxygen atoms in total. The zero-order valence-corrected chi connectivity index (χ0v) is 13.8. The topological polar surface area (TPSA) is 59.6 Å². The Balaban J connectivity index is 0.00000220. The third-order valence-electron chi connectivity index (χ3n) is 4.52. The average molecular weight is 321 g/mol. The van der Waals surface area contributed by atoms with E-state index in [-0.39, 0.29) is 29.8 Å². The second-order valence-corrected chi connectivity index (χ2v) is 5.95. The van der Waals surface area contributed by atoms with Crippen molar-refractivity contribution in [2.45, 2.75) is 45.1 Å². The largest absolute Gasteiger partial charge is 0.382 e. The highest BCUT2D eigenvalue weighted by molar-refractivity contribution is 5.85. The van der Waals surface area contributed by atoms with Crippen LogP contribution in [0.25, 0.3) is 0 Å². The molecule has 2 N–H and O–H groups in total.